The molecule has 2 rings (SSSR count). The smallest absolute Gasteiger partial charge is 0.248 e. The predicted octanol–water partition coefficient (Wildman–Crippen LogP) is 3.37. The molecule has 4 heteroatoms. The monoisotopic (exact) mass is 266 g/mol. The van der Waals surface area contributed by atoms with E-state index >= 15 is 0 Å². The lowest BCUT2D eigenvalue weighted by atomic mass is 10.2. The second kappa shape index (κ2) is 6.39. The molecule has 4 nitrogen and oxygen atoms in total. The van der Waals surface area contributed by atoms with Crippen molar-refractivity contribution in [2.24, 2.45) is 0 Å². The average Bonchev–Trinajstić information content (AvgIpc) is 2.94. The van der Waals surface area contributed by atoms with Gasteiger partial charge in [0.2, 0.25) is 5.91 Å². The van der Waals surface area contributed by atoms with Gasteiger partial charge in [-0.1, -0.05) is 19.1 Å². The van der Waals surface area contributed by atoms with Crippen LogP contribution in [0.2, 0.25) is 0 Å². The quantitative estimate of drug-likeness (QED) is 0.863. The number of para-hydroxylation sites is 1. The van der Waals surface area contributed by atoms with Gasteiger partial charge in [0.25, 0.3) is 0 Å². The number of aryl methyl sites for hydroxylation is 1. The Morgan fingerprint density at radius 1 is 1.35 bits per heavy atom. The normalized spacial score (nSPS) is 10.4. The summed E-state index contributed by atoms with van der Waals surface area (Å²) in [5, 5.41) is 11.6. The Balaban J connectivity index is 2.04. The highest BCUT2D eigenvalue weighted by atomic mass is 16.3. The molecule has 0 bridgehead atoms. The number of anilines is 1. The minimum Gasteiger partial charge on any atom is -0.462 e. The largest absolute Gasteiger partial charge is 0.462 e. The van der Waals surface area contributed by atoms with E-state index in [1.54, 1.807) is 30.3 Å². The van der Waals surface area contributed by atoms with Gasteiger partial charge in [0.1, 0.15) is 17.6 Å². The first-order valence-corrected chi connectivity index (χ1v) is 6.30. The van der Waals surface area contributed by atoms with Gasteiger partial charge >= 0.3 is 0 Å². The van der Waals surface area contributed by atoms with E-state index < -0.39 is 0 Å². The zero-order valence-corrected chi connectivity index (χ0v) is 11.1. The molecule has 0 aliphatic heterocycles. The minimum atomic E-state index is -0.304. The van der Waals surface area contributed by atoms with E-state index in [-0.39, 0.29) is 5.91 Å². The predicted molar refractivity (Wildman–Crippen MR) is 76.9 cm³/mol. The summed E-state index contributed by atoms with van der Waals surface area (Å²) in [6, 6.07) is 12.6. The van der Waals surface area contributed by atoms with E-state index in [1.165, 1.54) is 6.08 Å². The lowest BCUT2D eigenvalue weighted by Crippen LogP contribution is -2.08. The van der Waals surface area contributed by atoms with Gasteiger partial charge in [-0.25, -0.2) is 0 Å². The lowest BCUT2D eigenvalue weighted by Gasteiger charge is -2.03. The number of nitrogens with zero attached hydrogens (tertiary/aromatic N) is 1. The van der Waals surface area contributed by atoms with Gasteiger partial charge in [0.15, 0.2) is 0 Å². The van der Waals surface area contributed by atoms with E-state index in [2.05, 4.69) is 5.32 Å². The third kappa shape index (κ3) is 3.36. The summed E-state index contributed by atoms with van der Waals surface area (Å²) in [6.45, 7) is 2.00. The second-order valence-corrected chi connectivity index (χ2v) is 4.14. The summed E-state index contributed by atoms with van der Waals surface area (Å²) in [5.41, 5.74) is 0.929. The zero-order chi connectivity index (χ0) is 14.4. The fourth-order valence-corrected chi connectivity index (χ4v) is 1.70. The second-order valence-electron chi connectivity index (χ2n) is 4.14. The van der Waals surface area contributed by atoms with Crippen LogP contribution in [0.1, 0.15) is 24.0 Å². The summed E-state index contributed by atoms with van der Waals surface area (Å²) in [6.07, 6.45) is 3.80. The number of hydrogen-bond acceptors (Lipinski definition) is 3. The van der Waals surface area contributed by atoms with Crippen molar-refractivity contribution in [3.8, 4) is 6.07 Å². The Bertz CT molecular complexity index is 678. The van der Waals surface area contributed by atoms with Crippen molar-refractivity contribution >= 4 is 17.7 Å². The third-order valence-electron chi connectivity index (χ3n) is 2.74. The molecule has 0 fully saturated rings. The molecule has 0 aliphatic carbocycles. The third-order valence-corrected chi connectivity index (χ3v) is 2.74. The number of nitriles is 1. The van der Waals surface area contributed by atoms with Crippen LogP contribution in [0.5, 0.6) is 0 Å². The number of rotatable bonds is 4. The van der Waals surface area contributed by atoms with Crippen molar-refractivity contribution < 1.29 is 9.21 Å². The maximum Gasteiger partial charge on any atom is 0.248 e. The van der Waals surface area contributed by atoms with Crippen molar-refractivity contribution in [2.75, 3.05) is 5.32 Å². The molecule has 0 saturated heterocycles. The molecule has 1 aromatic carbocycles. The molecule has 1 aromatic heterocycles. The summed E-state index contributed by atoms with van der Waals surface area (Å²) < 4.78 is 5.46. The van der Waals surface area contributed by atoms with Crippen LogP contribution in [0.3, 0.4) is 0 Å². The van der Waals surface area contributed by atoms with Crippen molar-refractivity contribution in [2.45, 2.75) is 13.3 Å². The van der Waals surface area contributed by atoms with E-state index in [1.807, 2.05) is 25.1 Å². The van der Waals surface area contributed by atoms with E-state index in [0.29, 0.717) is 17.0 Å². The van der Waals surface area contributed by atoms with Crippen LogP contribution in [-0.2, 0) is 11.2 Å². The molecule has 20 heavy (non-hydrogen) atoms. The Hall–Kier alpha value is -2.80. The first kappa shape index (κ1) is 13.6. The van der Waals surface area contributed by atoms with Gasteiger partial charge in [-0.2, -0.15) is 5.26 Å². The van der Waals surface area contributed by atoms with Gasteiger partial charge in [-0.15, -0.1) is 0 Å². The Morgan fingerprint density at radius 3 is 2.85 bits per heavy atom. The van der Waals surface area contributed by atoms with Gasteiger partial charge in [-0.3, -0.25) is 4.79 Å². The highest BCUT2D eigenvalue weighted by Gasteiger charge is 2.03. The maximum atomic E-state index is 11.8. The van der Waals surface area contributed by atoms with Gasteiger partial charge in [-0.05, 0) is 30.3 Å². The van der Waals surface area contributed by atoms with Crippen molar-refractivity contribution in [3.63, 3.8) is 0 Å². The molecule has 2 aromatic rings. The zero-order valence-electron chi connectivity index (χ0n) is 11.1. The number of amides is 1. The maximum absolute atomic E-state index is 11.8. The molecule has 0 radical (unpaired) electrons. The van der Waals surface area contributed by atoms with E-state index in [0.717, 1.165) is 12.2 Å². The highest BCUT2D eigenvalue weighted by molar-refractivity contribution is 6.02. The number of nitrogens with one attached hydrogen (secondary N) is 1. The van der Waals surface area contributed by atoms with E-state index in [9.17, 15) is 4.79 Å². The van der Waals surface area contributed by atoms with Crippen molar-refractivity contribution in [1.82, 2.24) is 0 Å². The summed E-state index contributed by atoms with van der Waals surface area (Å²) in [5.74, 6) is 1.20. The van der Waals surface area contributed by atoms with Gasteiger partial charge in [0, 0.05) is 12.5 Å². The minimum absolute atomic E-state index is 0.304. The Kier molecular flexibility index (Phi) is 4.35. The lowest BCUT2D eigenvalue weighted by molar-refractivity contribution is -0.111. The van der Waals surface area contributed by atoms with Crippen molar-refractivity contribution in [3.05, 3.63) is 59.6 Å². The van der Waals surface area contributed by atoms with Crippen LogP contribution in [0.15, 0.2) is 46.9 Å². The number of hydrogen-bond donors (Lipinski definition) is 1. The SMILES string of the molecule is CCc1ccc(C=CC(=O)Nc2ccccc2C#N)o1. The highest BCUT2D eigenvalue weighted by Crippen LogP contribution is 2.14. The standard InChI is InChI=1S/C16H14N2O2/c1-2-13-7-8-14(20-13)9-10-16(19)18-15-6-4-3-5-12(15)11-17/h3-10H,2H2,1H3,(H,18,19). The molecule has 1 amide bonds. The van der Waals surface area contributed by atoms with Gasteiger partial charge < -0.3 is 9.73 Å². The first-order valence-electron chi connectivity index (χ1n) is 6.30. The van der Waals surface area contributed by atoms with Crippen LogP contribution in [-0.4, -0.2) is 5.91 Å². The number of furan rings is 1. The molecule has 0 atom stereocenters. The Morgan fingerprint density at radius 2 is 2.15 bits per heavy atom. The van der Waals surface area contributed by atoms with Crippen LogP contribution in [0.25, 0.3) is 6.08 Å². The van der Waals surface area contributed by atoms with Crippen LogP contribution >= 0.6 is 0 Å². The number of benzene rings is 1. The molecule has 0 saturated carbocycles. The summed E-state index contributed by atoms with van der Waals surface area (Å²) in [7, 11) is 0. The molecule has 100 valence electrons. The Labute approximate surface area is 117 Å². The van der Waals surface area contributed by atoms with E-state index in [4.69, 9.17) is 9.68 Å². The molecule has 0 spiro atoms. The molecule has 0 unspecified atom stereocenters. The molecule has 0 aliphatic rings. The molecular formula is C16H14N2O2. The topological polar surface area (TPSA) is 66.0 Å². The number of carbonyl (C=O) groups is 1. The molecule has 1 N–H and O–H groups in total. The van der Waals surface area contributed by atoms with Crippen LogP contribution < -0.4 is 5.32 Å². The van der Waals surface area contributed by atoms with Crippen LogP contribution in [0.4, 0.5) is 5.69 Å². The summed E-state index contributed by atoms with van der Waals surface area (Å²) in [4.78, 5) is 11.8. The fraction of sp³-hybridized carbons (Fsp3) is 0.125. The van der Waals surface area contributed by atoms with Gasteiger partial charge in [0.05, 0.1) is 11.3 Å². The van der Waals surface area contributed by atoms with Crippen LogP contribution in [0, 0.1) is 11.3 Å². The number of carbonyl (C=O) groups excluding carboxylic acids is 1. The van der Waals surface area contributed by atoms with Crippen molar-refractivity contribution in [1.29, 1.82) is 5.26 Å². The first-order chi connectivity index (χ1) is 9.72. The molecular weight excluding hydrogens is 252 g/mol. The molecule has 1 heterocycles. The summed E-state index contributed by atoms with van der Waals surface area (Å²) >= 11 is 0. The fourth-order valence-electron chi connectivity index (χ4n) is 1.70. The average molecular weight is 266 g/mol.